The van der Waals surface area contributed by atoms with Crippen molar-refractivity contribution in [3.63, 3.8) is 0 Å². The minimum atomic E-state index is -0.114. The highest BCUT2D eigenvalue weighted by molar-refractivity contribution is 7.98. The Kier molecular flexibility index (Phi) is 8.25. The molecule has 1 heterocycles. The summed E-state index contributed by atoms with van der Waals surface area (Å²) >= 11 is 1.85. The predicted molar refractivity (Wildman–Crippen MR) is 109 cm³/mol. The van der Waals surface area contributed by atoms with Gasteiger partial charge in [-0.15, -0.1) is 0 Å². The molecular formula is C19H30N4O2S. The van der Waals surface area contributed by atoms with Gasteiger partial charge in [0.15, 0.2) is 0 Å². The normalized spacial score (nSPS) is 15.2. The van der Waals surface area contributed by atoms with Gasteiger partial charge in [0.05, 0.1) is 0 Å². The summed E-state index contributed by atoms with van der Waals surface area (Å²) in [4.78, 5) is 28.9. The number of carbonyl (C=O) groups is 2. The summed E-state index contributed by atoms with van der Waals surface area (Å²) in [6.07, 6.45) is 2.11. The Labute approximate surface area is 160 Å². The van der Waals surface area contributed by atoms with E-state index in [1.807, 2.05) is 22.7 Å². The minimum Gasteiger partial charge on any atom is -0.352 e. The number of carbonyl (C=O) groups excluding carboxylic acids is 2. The first-order chi connectivity index (χ1) is 12.5. The van der Waals surface area contributed by atoms with Gasteiger partial charge in [-0.3, -0.25) is 9.69 Å². The maximum Gasteiger partial charge on any atom is 0.321 e. The quantitative estimate of drug-likeness (QED) is 0.765. The van der Waals surface area contributed by atoms with Crippen LogP contribution in [0.1, 0.15) is 24.2 Å². The largest absolute Gasteiger partial charge is 0.352 e. The summed E-state index contributed by atoms with van der Waals surface area (Å²) in [6.45, 7) is 9.09. The second kappa shape index (κ2) is 10.4. The van der Waals surface area contributed by atoms with Crippen molar-refractivity contribution >= 4 is 29.4 Å². The molecule has 7 heteroatoms. The fourth-order valence-electron chi connectivity index (χ4n) is 2.73. The summed E-state index contributed by atoms with van der Waals surface area (Å²) in [6, 6.07) is 6.98. The van der Waals surface area contributed by atoms with Gasteiger partial charge in [-0.05, 0) is 30.4 Å². The number of benzene rings is 1. The van der Waals surface area contributed by atoms with Gasteiger partial charge >= 0.3 is 6.03 Å². The van der Waals surface area contributed by atoms with Crippen molar-refractivity contribution in [1.82, 2.24) is 15.1 Å². The van der Waals surface area contributed by atoms with Gasteiger partial charge in [0.2, 0.25) is 0 Å². The molecule has 1 aromatic carbocycles. The Bertz CT molecular complexity index is 601. The summed E-state index contributed by atoms with van der Waals surface area (Å²) in [7, 11) is 0. The van der Waals surface area contributed by atoms with Crippen molar-refractivity contribution < 1.29 is 9.59 Å². The first-order valence-electron chi connectivity index (χ1n) is 9.15. The molecule has 0 spiro atoms. The second-order valence-electron chi connectivity index (χ2n) is 6.94. The molecule has 144 valence electrons. The van der Waals surface area contributed by atoms with E-state index in [-0.39, 0.29) is 11.9 Å². The average Bonchev–Trinajstić information content (AvgIpc) is 2.65. The summed E-state index contributed by atoms with van der Waals surface area (Å²) in [5.41, 5.74) is 1.21. The van der Waals surface area contributed by atoms with Crippen molar-refractivity contribution in [3.05, 3.63) is 29.8 Å². The smallest absolute Gasteiger partial charge is 0.321 e. The third-order valence-corrected chi connectivity index (χ3v) is 4.91. The number of nitrogens with zero attached hydrogens (tertiary/aromatic N) is 2. The fraction of sp³-hybridized carbons (Fsp3) is 0.579. The number of amides is 3. The Balaban J connectivity index is 1.85. The van der Waals surface area contributed by atoms with Gasteiger partial charge in [0.1, 0.15) is 0 Å². The average molecular weight is 379 g/mol. The van der Waals surface area contributed by atoms with E-state index in [1.54, 1.807) is 18.2 Å². The predicted octanol–water partition coefficient (Wildman–Crippen LogP) is 2.58. The summed E-state index contributed by atoms with van der Waals surface area (Å²) < 4.78 is 0. The summed E-state index contributed by atoms with van der Waals surface area (Å²) in [5, 5.41) is 5.81. The fourth-order valence-corrected chi connectivity index (χ4v) is 3.18. The number of anilines is 1. The summed E-state index contributed by atoms with van der Waals surface area (Å²) in [5.74, 6) is 1.41. The van der Waals surface area contributed by atoms with Crippen LogP contribution in [0.15, 0.2) is 24.3 Å². The third-order valence-electron chi connectivity index (χ3n) is 4.32. The monoisotopic (exact) mass is 378 g/mol. The maximum atomic E-state index is 12.5. The first kappa shape index (κ1) is 20.6. The van der Waals surface area contributed by atoms with E-state index >= 15 is 0 Å². The van der Waals surface area contributed by atoms with Crippen LogP contribution < -0.4 is 10.6 Å². The number of hydrogen-bond acceptors (Lipinski definition) is 4. The van der Waals surface area contributed by atoms with Crippen LogP contribution in [-0.2, 0) is 0 Å². The third kappa shape index (κ3) is 6.53. The molecule has 0 aromatic heterocycles. The molecule has 1 fully saturated rings. The van der Waals surface area contributed by atoms with Gasteiger partial charge in [-0.2, -0.15) is 11.8 Å². The molecule has 0 saturated carbocycles. The van der Waals surface area contributed by atoms with Gasteiger partial charge in [-0.1, -0.05) is 19.9 Å². The van der Waals surface area contributed by atoms with E-state index in [0.29, 0.717) is 23.7 Å². The molecule has 26 heavy (non-hydrogen) atoms. The molecule has 1 saturated heterocycles. The second-order valence-corrected chi connectivity index (χ2v) is 7.92. The molecule has 0 unspecified atom stereocenters. The zero-order chi connectivity index (χ0) is 18.9. The lowest BCUT2D eigenvalue weighted by atomic mass is 10.1. The van der Waals surface area contributed by atoms with Gasteiger partial charge in [-0.25, -0.2) is 4.79 Å². The van der Waals surface area contributed by atoms with Gasteiger partial charge in [0.25, 0.3) is 5.91 Å². The number of nitrogens with one attached hydrogen (secondary N) is 2. The molecule has 2 N–H and O–H groups in total. The van der Waals surface area contributed by atoms with Crippen LogP contribution in [0.25, 0.3) is 0 Å². The molecule has 1 aliphatic rings. The highest BCUT2D eigenvalue weighted by Crippen LogP contribution is 2.13. The van der Waals surface area contributed by atoms with Crippen molar-refractivity contribution in [2.75, 3.05) is 56.6 Å². The standard InChI is InChI=1S/C19H30N4O2S/c1-15(2)14-20-18(24)16-5-4-6-17(13-16)21-19(25)23-9-7-22(8-10-23)11-12-26-3/h4-6,13,15H,7-12,14H2,1-3H3,(H,20,24)(H,21,25). The number of rotatable bonds is 7. The Morgan fingerprint density at radius 1 is 1.19 bits per heavy atom. The van der Waals surface area contributed by atoms with Crippen LogP contribution >= 0.6 is 11.8 Å². The van der Waals surface area contributed by atoms with Crippen LogP contribution in [-0.4, -0.2) is 73.0 Å². The first-order valence-corrected chi connectivity index (χ1v) is 10.5. The molecule has 0 radical (unpaired) electrons. The molecular weight excluding hydrogens is 348 g/mol. The Hall–Kier alpha value is -1.73. The SMILES string of the molecule is CSCCN1CCN(C(=O)Nc2cccc(C(=O)NCC(C)C)c2)CC1. The molecule has 6 nitrogen and oxygen atoms in total. The lowest BCUT2D eigenvalue weighted by Crippen LogP contribution is -2.50. The van der Waals surface area contributed by atoms with Crippen LogP contribution in [0.4, 0.5) is 10.5 Å². The molecule has 0 aliphatic carbocycles. The van der Waals surface area contributed by atoms with E-state index in [4.69, 9.17) is 0 Å². The van der Waals surface area contributed by atoms with E-state index in [0.717, 1.165) is 38.5 Å². The topological polar surface area (TPSA) is 64.7 Å². The Morgan fingerprint density at radius 2 is 1.92 bits per heavy atom. The van der Waals surface area contributed by atoms with Crippen LogP contribution in [0.2, 0.25) is 0 Å². The minimum absolute atomic E-state index is 0.103. The van der Waals surface area contributed by atoms with E-state index in [2.05, 4.69) is 35.6 Å². The molecule has 3 amide bonds. The van der Waals surface area contributed by atoms with Crippen LogP contribution in [0.5, 0.6) is 0 Å². The highest BCUT2D eigenvalue weighted by Gasteiger charge is 2.21. The highest BCUT2D eigenvalue weighted by atomic mass is 32.2. The number of piperazine rings is 1. The Morgan fingerprint density at radius 3 is 2.58 bits per heavy atom. The lowest BCUT2D eigenvalue weighted by molar-refractivity contribution is 0.0949. The van der Waals surface area contributed by atoms with E-state index < -0.39 is 0 Å². The van der Waals surface area contributed by atoms with E-state index in [1.165, 1.54) is 0 Å². The molecule has 0 atom stereocenters. The van der Waals surface area contributed by atoms with Crippen molar-refractivity contribution in [2.45, 2.75) is 13.8 Å². The maximum absolute atomic E-state index is 12.5. The van der Waals surface area contributed by atoms with Crippen molar-refractivity contribution in [2.24, 2.45) is 5.92 Å². The molecule has 2 rings (SSSR count). The van der Waals surface area contributed by atoms with E-state index in [9.17, 15) is 9.59 Å². The van der Waals surface area contributed by atoms with Gasteiger partial charge < -0.3 is 15.5 Å². The van der Waals surface area contributed by atoms with Crippen molar-refractivity contribution in [1.29, 1.82) is 0 Å². The lowest BCUT2D eigenvalue weighted by Gasteiger charge is -2.34. The molecule has 0 bridgehead atoms. The van der Waals surface area contributed by atoms with Gasteiger partial charge in [0, 0.05) is 56.3 Å². The zero-order valence-electron chi connectivity index (χ0n) is 16.0. The number of hydrogen-bond donors (Lipinski definition) is 2. The number of urea groups is 1. The van der Waals surface area contributed by atoms with Crippen LogP contribution in [0, 0.1) is 5.92 Å². The molecule has 1 aromatic rings. The number of thioether (sulfide) groups is 1. The van der Waals surface area contributed by atoms with Crippen LogP contribution in [0.3, 0.4) is 0 Å². The van der Waals surface area contributed by atoms with Crippen molar-refractivity contribution in [3.8, 4) is 0 Å². The zero-order valence-corrected chi connectivity index (χ0v) is 16.8. The molecule has 1 aliphatic heterocycles.